The zero-order valence-corrected chi connectivity index (χ0v) is 9.99. The Morgan fingerprint density at radius 3 is 2.88 bits per heavy atom. The molecule has 0 aliphatic heterocycles. The largest absolute Gasteiger partial charge is 0.330 e. The van der Waals surface area contributed by atoms with Crippen molar-refractivity contribution in [1.29, 1.82) is 5.26 Å². The second-order valence-electron chi connectivity index (χ2n) is 3.94. The normalized spacial score (nSPS) is 9.71. The van der Waals surface area contributed by atoms with Crippen molar-refractivity contribution in [2.24, 2.45) is 5.73 Å². The molecule has 0 aliphatic rings. The summed E-state index contributed by atoms with van der Waals surface area (Å²) >= 11 is 0. The third kappa shape index (κ3) is 4.25. The van der Waals surface area contributed by atoms with Crippen molar-refractivity contribution in [3.8, 4) is 6.07 Å². The number of hydrogen-bond donors (Lipinski definition) is 2. The first-order valence-electron chi connectivity index (χ1n) is 5.68. The predicted octanol–water partition coefficient (Wildman–Crippen LogP) is 1.93. The number of carbonyl (C=O) groups is 1. The van der Waals surface area contributed by atoms with Gasteiger partial charge in [-0.1, -0.05) is 6.07 Å². The molecule has 17 heavy (non-hydrogen) atoms. The minimum atomic E-state index is -0.0309. The molecule has 0 spiro atoms. The number of rotatable bonds is 5. The number of aryl methyl sites for hydroxylation is 1. The fourth-order valence-electron chi connectivity index (χ4n) is 1.47. The minimum Gasteiger partial charge on any atom is -0.330 e. The van der Waals surface area contributed by atoms with E-state index in [0.717, 1.165) is 18.4 Å². The van der Waals surface area contributed by atoms with Gasteiger partial charge in [0.15, 0.2) is 0 Å². The first kappa shape index (κ1) is 13.2. The first-order valence-corrected chi connectivity index (χ1v) is 5.68. The second-order valence-corrected chi connectivity index (χ2v) is 3.94. The van der Waals surface area contributed by atoms with Crippen LogP contribution < -0.4 is 11.1 Å². The summed E-state index contributed by atoms with van der Waals surface area (Å²) in [5, 5.41) is 11.6. The summed E-state index contributed by atoms with van der Waals surface area (Å²) in [5.41, 5.74) is 7.58. The summed E-state index contributed by atoms with van der Waals surface area (Å²) < 4.78 is 0. The Bertz CT molecular complexity index is 435. The second kappa shape index (κ2) is 6.66. The number of hydrogen-bond acceptors (Lipinski definition) is 3. The van der Waals surface area contributed by atoms with Crippen molar-refractivity contribution in [2.45, 2.75) is 26.2 Å². The lowest BCUT2D eigenvalue weighted by molar-refractivity contribution is -0.116. The molecule has 4 nitrogen and oxygen atoms in total. The highest BCUT2D eigenvalue weighted by atomic mass is 16.1. The highest BCUT2D eigenvalue weighted by Crippen LogP contribution is 2.16. The Labute approximate surface area is 101 Å². The van der Waals surface area contributed by atoms with Gasteiger partial charge in [-0.05, 0) is 44.0 Å². The van der Waals surface area contributed by atoms with E-state index in [2.05, 4.69) is 11.4 Å². The van der Waals surface area contributed by atoms with Crippen molar-refractivity contribution in [2.75, 3.05) is 11.9 Å². The molecule has 1 aromatic carbocycles. The number of amides is 1. The smallest absolute Gasteiger partial charge is 0.224 e. The molecule has 1 aromatic rings. The van der Waals surface area contributed by atoms with Crippen LogP contribution in [0.25, 0.3) is 0 Å². The Kier molecular flexibility index (Phi) is 5.18. The van der Waals surface area contributed by atoms with Gasteiger partial charge in [0.1, 0.15) is 0 Å². The average Bonchev–Trinajstić information content (AvgIpc) is 2.32. The van der Waals surface area contributed by atoms with Gasteiger partial charge in [-0.15, -0.1) is 0 Å². The van der Waals surface area contributed by atoms with Crippen molar-refractivity contribution in [3.63, 3.8) is 0 Å². The van der Waals surface area contributed by atoms with Gasteiger partial charge in [-0.2, -0.15) is 5.26 Å². The molecule has 90 valence electrons. The topological polar surface area (TPSA) is 78.9 Å². The lowest BCUT2D eigenvalue weighted by Crippen LogP contribution is -2.13. The molecular formula is C13H17N3O. The number of carbonyl (C=O) groups excluding carboxylic acids is 1. The SMILES string of the molecule is Cc1ccc(C#N)cc1NC(=O)CCCCN. The van der Waals surface area contributed by atoms with E-state index >= 15 is 0 Å². The molecular weight excluding hydrogens is 214 g/mol. The third-order valence-electron chi connectivity index (χ3n) is 2.50. The number of nitriles is 1. The van der Waals surface area contributed by atoms with E-state index in [9.17, 15) is 4.79 Å². The van der Waals surface area contributed by atoms with Gasteiger partial charge >= 0.3 is 0 Å². The highest BCUT2D eigenvalue weighted by molar-refractivity contribution is 5.91. The molecule has 0 bridgehead atoms. The number of nitrogens with zero attached hydrogens (tertiary/aromatic N) is 1. The van der Waals surface area contributed by atoms with E-state index in [1.165, 1.54) is 0 Å². The summed E-state index contributed by atoms with van der Waals surface area (Å²) in [4.78, 5) is 11.6. The Balaban J connectivity index is 2.61. The van der Waals surface area contributed by atoms with Crippen molar-refractivity contribution in [3.05, 3.63) is 29.3 Å². The minimum absolute atomic E-state index is 0.0309. The predicted molar refractivity (Wildman–Crippen MR) is 67.4 cm³/mol. The van der Waals surface area contributed by atoms with Crippen LogP contribution in [0, 0.1) is 18.3 Å². The van der Waals surface area contributed by atoms with Crippen LogP contribution in [0.5, 0.6) is 0 Å². The summed E-state index contributed by atoms with van der Waals surface area (Å²) in [7, 11) is 0. The van der Waals surface area contributed by atoms with Crippen LogP contribution in [0.2, 0.25) is 0 Å². The fraction of sp³-hybridized carbons (Fsp3) is 0.385. The molecule has 0 fully saturated rings. The van der Waals surface area contributed by atoms with Crippen LogP contribution in [0.15, 0.2) is 18.2 Å². The molecule has 1 rings (SSSR count). The van der Waals surface area contributed by atoms with Crippen LogP contribution in [-0.4, -0.2) is 12.5 Å². The number of nitrogens with two attached hydrogens (primary N) is 1. The molecule has 0 aromatic heterocycles. The molecule has 1 amide bonds. The molecule has 0 aliphatic carbocycles. The van der Waals surface area contributed by atoms with Crippen molar-refractivity contribution >= 4 is 11.6 Å². The van der Waals surface area contributed by atoms with Crippen molar-refractivity contribution < 1.29 is 4.79 Å². The first-order chi connectivity index (χ1) is 8.17. The van der Waals surface area contributed by atoms with Crippen LogP contribution in [-0.2, 0) is 4.79 Å². The summed E-state index contributed by atoms with van der Waals surface area (Å²) in [5.74, 6) is -0.0309. The summed E-state index contributed by atoms with van der Waals surface area (Å²) in [6.07, 6.45) is 2.11. The quantitative estimate of drug-likeness (QED) is 0.760. The molecule has 0 radical (unpaired) electrons. The fourth-order valence-corrected chi connectivity index (χ4v) is 1.47. The Morgan fingerprint density at radius 2 is 2.24 bits per heavy atom. The standard InChI is InChI=1S/C13H17N3O/c1-10-5-6-11(9-15)8-12(10)16-13(17)4-2-3-7-14/h5-6,8H,2-4,7,14H2,1H3,(H,16,17). The number of nitrogens with one attached hydrogen (secondary N) is 1. The molecule has 0 unspecified atom stereocenters. The monoisotopic (exact) mass is 231 g/mol. The third-order valence-corrected chi connectivity index (χ3v) is 2.50. The van der Waals surface area contributed by atoms with Gasteiger partial charge in [-0.3, -0.25) is 4.79 Å². The number of benzene rings is 1. The molecule has 3 N–H and O–H groups in total. The Morgan fingerprint density at radius 1 is 1.47 bits per heavy atom. The van der Waals surface area contributed by atoms with Crippen molar-refractivity contribution in [1.82, 2.24) is 0 Å². The maximum Gasteiger partial charge on any atom is 0.224 e. The van der Waals surface area contributed by atoms with Gasteiger partial charge in [-0.25, -0.2) is 0 Å². The summed E-state index contributed by atoms with van der Waals surface area (Å²) in [6.45, 7) is 2.51. The number of unbranched alkanes of at least 4 members (excludes halogenated alkanes) is 1. The van der Waals surface area contributed by atoms with Gasteiger partial charge in [0.25, 0.3) is 0 Å². The van der Waals surface area contributed by atoms with Crippen LogP contribution in [0.4, 0.5) is 5.69 Å². The summed E-state index contributed by atoms with van der Waals surface area (Å²) in [6, 6.07) is 7.31. The zero-order valence-electron chi connectivity index (χ0n) is 9.99. The maximum absolute atomic E-state index is 11.6. The van der Waals surface area contributed by atoms with E-state index in [4.69, 9.17) is 11.0 Å². The molecule has 0 atom stereocenters. The maximum atomic E-state index is 11.6. The number of anilines is 1. The van der Waals surface area contributed by atoms with E-state index in [1.54, 1.807) is 12.1 Å². The molecule has 0 heterocycles. The van der Waals surface area contributed by atoms with E-state index in [-0.39, 0.29) is 5.91 Å². The van der Waals surface area contributed by atoms with Crippen LogP contribution in [0.1, 0.15) is 30.4 Å². The molecule has 0 saturated heterocycles. The molecule has 0 saturated carbocycles. The highest BCUT2D eigenvalue weighted by Gasteiger charge is 2.05. The van der Waals surface area contributed by atoms with Gasteiger partial charge in [0.2, 0.25) is 5.91 Å². The van der Waals surface area contributed by atoms with E-state index in [0.29, 0.717) is 24.2 Å². The Hall–Kier alpha value is -1.86. The van der Waals surface area contributed by atoms with Crippen LogP contribution >= 0.6 is 0 Å². The lowest BCUT2D eigenvalue weighted by atomic mass is 10.1. The lowest BCUT2D eigenvalue weighted by Gasteiger charge is -2.08. The molecule has 4 heteroatoms. The van der Waals surface area contributed by atoms with Gasteiger partial charge < -0.3 is 11.1 Å². The van der Waals surface area contributed by atoms with Gasteiger partial charge in [0.05, 0.1) is 11.6 Å². The zero-order chi connectivity index (χ0) is 12.7. The van der Waals surface area contributed by atoms with Crippen LogP contribution in [0.3, 0.4) is 0 Å². The average molecular weight is 231 g/mol. The van der Waals surface area contributed by atoms with E-state index < -0.39 is 0 Å². The van der Waals surface area contributed by atoms with Gasteiger partial charge in [0, 0.05) is 12.1 Å². The van der Waals surface area contributed by atoms with E-state index in [1.807, 2.05) is 13.0 Å².